The number of nitrogens with zero attached hydrogens (tertiary/aromatic N) is 1. The monoisotopic (exact) mass is 272 g/mol. The lowest BCUT2D eigenvalue weighted by Crippen LogP contribution is -2.43. The average Bonchev–Trinajstić information content (AvgIpc) is 2.99. The molecule has 2 nitrogen and oxygen atoms in total. The molecule has 1 heterocycles. The minimum Gasteiger partial charge on any atom is -0.314 e. The summed E-state index contributed by atoms with van der Waals surface area (Å²) < 4.78 is 1.10. The van der Waals surface area contributed by atoms with E-state index in [1.54, 1.807) is 0 Å². The first-order chi connectivity index (χ1) is 7.24. The molecule has 0 aromatic rings. The molecular weight excluding hydrogens is 252 g/mol. The SMILES string of the molecule is C=C(Br)CN1CCC(NCC2CC2)CC1. The Balaban J connectivity index is 1.60. The number of likely N-dealkylation sites (tertiary alicyclic amines) is 1. The van der Waals surface area contributed by atoms with Crippen LogP contribution in [0.25, 0.3) is 0 Å². The van der Waals surface area contributed by atoms with Crippen molar-refractivity contribution >= 4 is 15.9 Å². The van der Waals surface area contributed by atoms with Crippen LogP contribution in [0.2, 0.25) is 0 Å². The van der Waals surface area contributed by atoms with Gasteiger partial charge < -0.3 is 5.32 Å². The zero-order valence-electron chi connectivity index (χ0n) is 9.34. The zero-order chi connectivity index (χ0) is 10.7. The van der Waals surface area contributed by atoms with Crippen molar-refractivity contribution in [3.63, 3.8) is 0 Å². The predicted octanol–water partition coefficient (Wildman–Crippen LogP) is 2.36. The Morgan fingerprint density at radius 2 is 1.93 bits per heavy atom. The van der Waals surface area contributed by atoms with Crippen LogP contribution >= 0.6 is 15.9 Å². The van der Waals surface area contributed by atoms with Crippen molar-refractivity contribution in [2.24, 2.45) is 5.92 Å². The third-order valence-corrected chi connectivity index (χ3v) is 3.63. The van der Waals surface area contributed by atoms with E-state index in [0.717, 1.165) is 23.0 Å². The number of hydrogen-bond donors (Lipinski definition) is 1. The molecular formula is C12H21BrN2. The van der Waals surface area contributed by atoms with Gasteiger partial charge in [-0.25, -0.2) is 0 Å². The molecule has 15 heavy (non-hydrogen) atoms. The van der Waals surface area contributed by atoms with Crippen molar-refractivity contribution in [3.8, 4) is 0 Å². The van der Waals surface area contributed by atoms with Gasteiger partial charge in [-0.1, -0.05) is 22.5 Å². The van der Waals surface area contributed by atoms with E-state index in [4.69, 9.17) is 0 Å². The van der Waals surface area contributed by atoms with Crippen LogP contribution in [0.3, 0.4) is 0 Å². The molecule has 1 aliphatic carbocycles. The van der Waals surface area contributed by atoms with E-state index in [-0.39, 0.29) is 0 Å². The molecule has 0 atom stereocenters. The van der Waals surface area contributed by atoms with Crippen LogP contribution in [-0.4, -0.2) is 37.1 Å². The summed E-state index contributed by atoms with van der Waals surface area (Å²) >= 11 is 3.43. The highest BCUT2D eigenvalue weighted by molar-refractivity contribution is 9.11. The molecule has 0 bridgehead atoms. The molecule has 0 amide bonds. The second-order valence-electron chi connectivity index (χ2n) is 4.92. The Hall–Kier alpha value is 0.140. The summed E-state index contributed by atoms with van der Waals surface area (Å²) in [7, 11) is 0. The van der Waals surface area contributed by atoms with Gasteiger partial charge in [0.25, 0.3) is 0 Å². The van der Waals surface area contributed by atoms with Crippen molar-refractivity contribution in [2.75, 3.05) is 26.2 Å². The first-order valence-corrected chi connectivity index (χ1v) is 6.82. The molecule has 1 aliphatic heterocycles. The zero-order valence-corrected chi connectivity index (χ0v) is 10.9. The van der Waals surface area contributed by atoms with E-state index < -0.39 is 0 Å². The molecule has 86 valence electrons. The maximum atomic E-state index is 3.90. The molecule has 0 aromatic heterocycles. The largest absolute Gasteiger partial charge is 0.314 e. The molecule has 2 rings (SSSR count). The van der Waals surface area contributed by atoms with E-state index in [2.05, 4.69) is 32.7 Å². The van der Waals surface area contributed by atoms with Crippen molar-refractivity contribution in [1.82, 2.24) is 10.2 Å². The molecule has 0 radical (unpaired) electrons. The first-order valence-electron chi connectivity index (χ1n) is 6.03. The summed E-state index contributed by atoms with van der Waals surface area (Å²) in [5, 5.41) is 3.70. The second kappa shape index (κ2) is 5.46. The van der Waals surface area contributed by atoms with Gasteiger partial charge in [0.1, 0.15) is 0 Å². The summed E-state index contributed by atoms with van der Waals surface area (Å²) in [6.07, 6.45) is 5.50. The van der Waals surface area contributed by atoms with E-state index in [9.17, 15) is 0 Å². The fourth-order valence-corrected chi connectivity index (χ4v) is 2.55. The van der Waals surface area contributed by atoms with E-state index >= 15 is 0 Å². The number of halogens is 1. The third kappa shape index (κ3) is 4.25. The lowest BCUT2D eigenvalue weighted by atomic mass is 10.0. The predicted molar refractivity (Wildman–Crippen MR) is 68.3 cm³/mol. The maximum absolute atomic E-state index is 3.90. The highest BCUT2D eigenvalue weighted by Gasteiger charge is 2.24. The Labute approximate surface area is 101 Å². The Morgan fingerprint density at radius 3 is 2.47 bits per heavy atom. The maximum Gasteiger partial charge on any atom is 0.0293 e. The van der Waals surface area contributed by atoms with Crippen LogP contribution in [-0.2, 0) is 0 Å². The number of piperidine rings is 1. The minimum atomic E-state index is 0.769. The fraction of sp³-hybridized carbons (Fsp3) is 0.833. The van der Waals surface area contributed by atoms with Crippen LogP contribution in [0.4, 0.5) is 0 Å². The quantitative estimate of drug-likeness (QED) is 0.827. The van der Waals surface area contributed by atoms with Crippen LogP contribution in [0.1, 0.15) is 25.7 Å². The standard InChI is InChI=1S/C12H21BrN2/c1-10(13)9-15-6-4-12(5-7-15)14-8-11-2-3-11/h11-12,14H,1-9H2. The van der Waals surface area contributed by atoms with Crippen LogP contribution in [0, 0.1) is 5.92 Å². The summed E-state index contributed by atoms with van der Waals surface area (Å²) in [4.78, 5) is 2.48. The molecule has 3 heteroatoms. The normalized spacial score (nSPS) is 24.3. The smallest absolute Gasteiger partial charge is 0.0293 e. The first kappa shape index (κ1) is 11.6. The van der Waals surface area contributed by atoms with Gasteiger partial charge in [-0.15, -0.1) is 0 Å². The van der Waals surface area contributed by atoms with Crippen molar-refractivity contribution in [2.45, 2.75) is 31.7 Å². The highest BCUT2D eigenvalue weighted by Crippen LogP contribution is 2.28. The summed E-state index contributed by atoms with van der Waals surface area (Å²) in [6.45, 7) is 8.59. The highest BCUT2D eigenvalue weighted by atomic mass is 79.9. The van der Waals surface area contributed by atoms with Gasteiger partial charge in [0.15, 0.2) is 0 Å². The Morgan fingerprint density at radius 1 is 1.27 bits per heavy atom. The summed E-state index contributed by atoms with van der Waals surface area (Å²) in [5.41, 5.74) is 0. The van der Waals surface area contributed by atoms with E-state index in [0.29, 0.717) is 0 Å². The summed E-state index contributed by atoms with van der Waals surface area (Å²) in [6, 6.07) is 0.769. The molecule has 1 saturated carbocycles. The van der Waals surface area contributed by atoms with Gasteiger partial charge in [0.2, 0.25) is 0 Å². The molecule has 1 N–H and O–H groups in total. The lowest BCUT2D eigenvalue weighted by molar-refractivity contribution is 0.214. The van der Waals surface area contributed by atoms with Crippen LogP contribution in [0.5, 0.6) is 0 Å². The second-order valence-corrected chi connectivity index (χ2v) is 6.04. The van der Waals surface area contributed by atoms with Crippen molar-refractivity contribution in [3.05, 3.63) is 11.1 Å². The van der Waals surface area contributed by atoms with Crippen LogP contribution in [0.15, 0.2) is 11.1 Å². The van der Waals surface area contributed by atoms with Gasteiger partial charge >= 0.3 is 0 Å². The molecule has 2 fully saturated rings. The number of nitrogens with one attached hydrogen (secondary N) is 1. The average molecular weight is 273 g/mol. The fourth-order valence-electron chi connectivity index (χ4n) is 2.19. The molecule has 1 saturated heterocycles. The topological polar surface area (TPSA) is 15.3 Å². The van der Waals surface area contributed by atoms with Gasteiger partial charge in [0.05, 0.1) is 0 Å². The third-order valence-electron chi connectivity index (χ3n) is 3.37. The van der Waals surface area contributed by atoms with Gasteiger partial charge in [-0.2, -0.15) is 0 Å². The molecule has 0 aromatic carbocycles. The van der Waals surface area contributed by atoms with Crippen molar-refractivity contribution in [1.29, 1.82) is 0 Å². The van der Waals surface area contributed by atoms with Gasteiger partial charge in [-0.05, 0) is 51.2 Å². The summed E-state index contributed by atoms with van der Waals surface area (Å²) in [5.74, 6) is 1.00. The lowest BCUT2D eigenvalue weighted by Gasteiger charge is -2.32. The van der Waals surface area contributed by atoms with Gasteiger partial charge in [0, 0.05) is 17.1 Å². The Bertz CT molecular complexity index is 218. The van der Waals surface area contributed by atoms with Gasteiger partial charge in [-0.3, -0.25) is 4.90 Å². The minimum absolute atomic E-state index is 0.769. The molecule has 2 aliphatic rings. The molecule has 0 spiro atoms. The molecule has 0 unspecified atom stereocenters. The Kier molecular flexibility index (Phi) is 4.23. The number of hydrogen-bond acceptors (Lipinski definition) is 2. The number of rotatable bonds is 5. The van der Waals surface area contributed by atoms with E-state index in [1.165, 1.54) is 45.3 Å². The van der Waals surface area contributed by atoms with Crippen LogP contribution < -0.4 is 5.32 Å². The van der Waals surface area contributed by atoms with Crippen molar-refractivity contribution < 1.29 is 0 Å². The van der Waals surface area contributed by atoms with E-state index in [1.807, 2.05) is 0 Å².